The third-order valence-electron chi connectivity index (χ3n) is 3.69. The van der Waals surface area contributed by atoms with Crippen molar-refractivity contribution in [2.24, 2.45) is 0 Å². The van der Waals surface area contributed by atoms with Crippen molar-refractivity contribution >= 4 is 6.29 Å². The van der Waals surface area contributed by atoms with E-state index < -0.39 is 0 Å². The molecule has 0 atom stereocenters. The first-order valence-electron chi connectivity index (χ1n) is 9.59. The molecule has 0 rings (SSSR count). The molecule has 0 fully saturated rings. The number of nitro groups is 1. The molecule has 144 valence electrons. The van der Waals surface area contributed by atoms with Gasteiger partial charge in [0.15, 0.2) is 0 Å². The second-order valence-corrected chi connectivity index (χ2v) is 5.98. The predicted octanol–water partition coefficient (Wildman–Crippen LogP) is 6.49. The Labute approximate surface area is 158 Å². The zero-order chi connectivity index (χ0) is 19.3. The Kier molecular flexibility index (Phi) is 17.5. The van der Waals surface area contributed by atoms with Crippen LogP contribution in [0.5, 0.6) is 0 Å². The SMILES string of the molecule is CCCCC/C(=C/C/C=C/C/C=C/C/C=C/C/C=C/CCC=O)[N+](=O)[O-]. The highest BCUT2D eigenvalue weighted by Gasteiger charge is 2.08. The van der Waals surface area contributed by atoms with Crippen molar-refractivity contribution in [2.75, 3.05) is 0 Å². The molecule has 4 heteroatoms. The number of nitrogens with zero attached hydrogens (tertiary/aromatic N) is 1. The van der Waals surface area contributed by atoms with Crippen LogP contribution in [0.2, 0.25) is 0 Å². The number of carbonyl (C=O) groups is 1. The summed E-state index contributed by atoms with van der Waals surface area (Å²) >= 11 is 0. The molecule has 0 aliphatic rings. The molecule has 0 N–H and O–H groups in total. The maximum absolute atomic E-state index is 11.0. The summed E-state index contributed by atoms with van der Waals surface area (Å²) in [5, 5.41) is 11.0. The van der Waals surface area contributed by atoms with Crippen LogP contribution >= 0.6 is 0 Å². The zero-order valence-corrected chi connectivity index (χ0v) is 16.0. The Morgan fingerprint density at radius 2 is 1.35 bits per heavy atom. The minimum Gasteiger partial charge on any atom is -0.303 e. The van der Waals surface area contributed by atoms with Crippen LogP contribution < -0.4 is 0 Å². The summed E-state index contributed by atoms with van der Waals surface area (Å²) in [5.74, 6) is 0. The van der Waals surface area contributed by atoms with Crippen LogP contribution in [0.25, 0.3) is 0 Å². The number of allylic oxidation sites excluding steroid dienone is 10. The van der Waals surface area contributed by atoms with Crippen molar-refractivity contribution in [2.45, 2.75) is 71.1 Å². The average molecular weight is 360 g/mol. The van der Waals surface area contributed by atoms with Crippen molar-refractivity contribution < 1.29 is 9.72 Å². The van der Waals surface area contributed by atoms with E-state index in [9.17, 15) is 14.9 Å². The quantitative estimate of drug-likeness (QED) is 0.104. The first-order valence-corrected chi connectivity index (χ1v) is 9.59. The first kappa shape index (κ1) is 23.8. The first-order chi connectivity index (χ1) is 12.7. The molecule has 0 saturated heterocycles. The molecule has 26 heavy (non-hydrogen) atoms. The number of rotatable bonds is 16. The van der Waals surface area contributed by atoms with Crippen LogP contribution in [0.3, 0.4) is 0 Å². The normalized spacial score (nSPS) is 12.9. The van der Waals surface area contributed by atoms with Crippen molar-refractivity contribution in [1.82, 2.24) is 0 Å². The van der Waals surface area contributed by atoms with Crippen molar-refractivity contribution in [3.05, 3.63) is 70.5 Å². The molecule has 0 bridgehead atoms. The molecular formula is C22H33NO3. The number of carbonyl (C=O) groups excluding carboxylic acids is 1. The molecule has 0 aliphatic carbocycles. The van der Waals surface area contributed by atoms with E-state index in [2.05, 4.69) is 37.3 Å². The van der Waals surface area contributed by atoms with Gasteiger partial charge in [0.05, 0.1) is 4.92 Å². The molecule has 0 radical (unpaired) electrons. The van der Waals surface area contributed by atoms with Gasteiger partial charge in [-0.15, -0.1) is 0 Å². The summed E-state index contributed by atoms with van der Waals surface area (Å²) in [4.78, 5) is 20.8. The van der Waals surface area contributed by atoms with Gasteiger partial charge in [-0.25, -0.2) is 0 Å². The second-order valence-electron chi connectivity index (χ2n) is 5.98. The van der Waals surface area contributed by atoms with Crippen LogP contribution in [0.4, 0.5) is 0 Å². The summed E-state index contributed by atoms with van der Waals surface area (Å²) in [6.45, 7) is 2.09. The molecule has 0 spiro atoms. The molecule has 0 aromatic heterocycles. The van der Waals surface area contributed by atoms with Gasteiger partial charge in [0.25, 0.3) is 0 Å². The third-order valence-corrected chi connectivity index (χ3v) is 3.69. The van der Waals surface area contributed by atoms with Gasteiger partial charge in [0, 0.05) is 12.8 Å². The third kappa shape index (κ3) is 16.6. The van der Waals surface area contributed by atoms with Crippen LogP contribution in [-0.2, 0) is 4.79 Å². The second kappa shape index (κ2) is 19.1. The van der Waals surface area contributed by atoms with E-state index in [1.807, 2.05) is 18.2 Å². The van der Waals surface area contributed by atoms with Gasteiger partial charge < -0.3 is 4.79 Å². The fourth-order valence-electron chi connectivity index (χ4n) is 2.22. The monoisotopic (exact) mass is 359 g/mol. The number of aldehydes is 1. The highest BCUT2D eigenvalue weighted by Crippen LogP contribution is 2.10. The Hall–Kier alpha value is -2.23. The molecule has 4 nitrogen and oxygen atoms in total. The predicted molar refractivity (Wildman–Crippen MR) is 110 cm³/mol. The van der Waals surface area contributed by atoms with E-state index in [4.69, 9.17) is 0 Å². The lowest BCUT2D eigenvalue weighted by molar-refractivity contribution is -0.428. The molecule has 0 aromatic carbocycles. The van der Waals surface area contributed by atoms with Crippen LogP contribution in [0.15, 0.2) is 60.4 Å². The molecule has 0 aliphatic heterocycles. The van der Waals surface area contributed by atoms with Crippen molar-refractivity contribution in [3.8, 4) is 0 Å². The number of unbranched alkanes of at least 4 members (excludes halogenated alkanes) is 3. The van der Waals surface area contributed by atoms with Crippen LogP contribution in [0.1, 0.15) is 71.1 Å². The Balaban J connectivity index is 3.85. The number of hydrogen-bond acceptors (Lipinski definition) is 3. The van der Waals surface area contributed by atoms with E-state index in [0.29, 0.717) is 25.0 Å². The average Bonchev–Trinajstić information content (AvgIpc) is 2.63. The standard InChI is InChI=1S/C22H33NO3/c1-2-3-16-19-22(23(25)26)20-17-14-12-10-8-6-4-5-7-9-11-13-15-18-21-24/h5-8,11-14,20-21H,2-4,9-10,15-19H2,1H3/b7-5+,8-6+,13-11+,14-12+,22-20-. The summed E-state index contributed by atoms with van der Waals surface area (Å²) in [5.41, 5.74) is 0.337. The summed E-state index contributed by atoms with van der Waals surface area (Å²) in [6.07, 6.45) is 27.5. The molecule has 0 aromatic rings. The maximum Gasteiger partial charge on any atom is 0.242 e. The van der Waals surface area contributed by atoms with Gasteiger partial charge in [-0.05, 0) is 44.6 Å². The summed E-state index contributed by atoms with van der Waals surface area (Å²) in [7, 11) is 0. The fraction of sp³-hybridized carbons (Fsp3) is 0.500. The van der Waals surface area contributed by atoms with Crippen LogP contribution in [-0.4, -0.2) is 11.2 Å². The smallest absolute Gasteiger partial charge is 0.242 e. The Morgan fingerprint density at radius 3 is 1.85 bits per heavy atom. The van der Waals surface area contributed by atoms with Gasteiger partial charge in [0.2, 0.25) is 5.70 Å². The topological polar surface area (TPSA) is 60.2 Å². The Bertz CT molecular complexity index is 513. The van der Waals surface area contributed by atoms with E-state index in [0.717, 1.165) is 51.2 Å². The van der Waals surface area contributed by atoms with Gasteiger partial charge in [-0.3, -0.25) is 10.1 Å². The van der Waals surface area contributed by atoms with Gasteiger partial charge >= 0.3 is 0 Å². The molecule has 0 unspecified atom stereocenters. The van der Waals surface area contributed by atoms with E-state index in [-0.39, 0.29) is 4.92 Å². The highest BCUT2D eigenvalue weighted by molar-refractivity contribution is 5.49. The van der Waals surface area contributed by atoms with Crippen molar-refractivity contribution in [1.29, 1.82) is 0 Å². The maximum atomic E-state index is 11.0. The van der Waals surface area contributed by atoms with E-state index in [1.54, 1.807) is 6.08 Å². The molecule has 0 heterocycles. The van der Waals surface area contributed by atoms with Gasteiger partial charge in [-0.2, -0.15) is 0 Å². The molecule has 0 amide bonds. The zero-order valence-electron chi connectivity index (χ0n) is 16.0. The lowest BCUT2D eigenvalue weighted by Crippen LogP contribution is -1.98. The minimum absolute atomic E-state index is 0.257. The van der Waals surface area contributed by atoms with E-state index in [1.165, 1.54) is 0 Å². The molecular weight excluding hydrogens is 326 g/mol. The summed E-state index contributed by atoms with van der Waals surface area (Å²) in [6, 6.07) is 0. The fourth-order valence-corrected chi connectivity index (χ4v) is 2.22. The van der Waals surface area contributed by atoms with Crippen molar-refractivity contribution in [3.63, 3.8) is 0 Å². The van der Waals surface area contributed by atoms with Gasteiger partial charge in [0.1, 0.15) is 6.29 Å². The highest BCUT2D eigenvalue weighted by atomic mass is 16.6. The molecule has 0 saturated carbocycles. The van der Waals surface area contributed by atoms with E-state index >= 15 is 0 Å². The summed E-state index contributed by atoms with van der Waals surface area (Å²) < 4.78 is 0. The van der Waals surface area contributed by atoms with Crippen LogP contribution in [0, 0.1) is 10.1 Å². The lowest BCUT2D eigenvalue weighted by Gasteiger charge is -1.97. The largest absolute Gasteiger partial charge is 0.303 e. The Morgan fingerprint density at radius 1 is 0.808 bits per heavy atom. The minimum atomic E-state index is -0.257. The number of hydrogen-bond donors (Lipinski definition) is 0. The lowest BCUT2D eigenvalue weighted by atomic mass is 10.1. The van der Waals surface area contributed by atoms with Gasteiger partial charge in [-0.1, -0.05) is 68.4 Å².